The van der Waals surface area contributed by atoms with Crippen LogP contribution >= 0.6 is 0 Å². The predicted octanol–water partition coefficient (Wildman–Crippen LogP) is 5.46. The fourth-order valence-corrected chi connectivity index (χ4v) is 3.38. The Labute approximate surface area is 121 Å². The van der Waals surface area contributed by atoms with Crippen molar-refractivity contribution in [2.24, 2.45) is 5.92 Å². The summed E-state index contributed by atoms with van der Waals surface area (Å²) in [7, 11) is 0. The molecule has 1 heteroatoms. The van der Waals surface area contributed by atoms with Crippen molar-refractivity contribution >= 4 is 0 Å². The largest absolute Gasteiger partial charge is 0.314 e. The summed E-state index contributed by atoms with van der Waals surface area (Å²) in [6, 6.07) is 0.793. The van der Waals surface area contributed by atoms with Crippen molar-refractivity contribution in [3.63, 3.8) is 0 Å². The average molecular weight is 265 g/mol. The number of nitrogens with one attached hydrogen (secondary N) is 1. The van der Waals surface area contributed by atoms with Crippen LogP contribution in [0.15, 0.2) is 12.7 Å². The summed E-state index contributed by atoms with van der Waals surface area (Å²) >= 11 is 0. The second kappa shape index (κ2) is 11.5. The van der Waals surface area contributed by atoms with Gasteiger partial charge in [-0.3, -0.25) is 0 Å². The minimum atomic E-state index is 0.793. The van der Waals surface area contributed by atoms with Crippen LogP contribution in [0.2, 0.25) is 0 Å². The van der Waals surface area contributed by atoms with Crippen molar-refractivity contribution < 1.29 is 0 Å². The molecule has 0 spiro atoms. The van der Waals surface area contributed by atoms with Crippen molar-refractivity contribution in [1.82, 2.24) is 5.32 Å². The third kappa shape index (κ3) is 7.77. The van der Waals surface area contributed by atoms with Gasteiger partial charge in [0.15, 0.2) is 0 Å². The molecule has 0 bridgehead atoms. The fourth-order valence-electron chi connectivity index (χ4n) is 3.38. The second-order valence-corrected chi connectivity index (χ2v) is 6.24. The van der Waals surface area contributed by atoms with Gasteiger partial charge < -0.3 is 5.32 Å². The molecule has 0 aromatic carbocycles. The molecule has 1 saturated carbocycles. The van der Waals surface area contributed by atoms with Crippen LogP contribution in [-0.4, -0.2) is 12.6 Å². The van der Waals surface area contributed by atoms with E-state index in [1.54, 1.807) is 0 Å². The number of unbranched alkanes of at least 4 members (excludes halogenated alkanes) is 3. The molecule has 0 amide bonds. The molecule has 0 aromatic rings. The number of rotatable bonds is 10. The molecule has 1 unspecified atom stereocenters. The normalized spacial score (nSPS) is 19.0. The summed E-state index contributed by atoms with van der Waals surface area (Å²) in [6.45, 7) is 7.29. The van der Waals surface area contributed by atoms with Gasteiger partial charge in [0.2, 0.25) is 0 Å². The molecule has 1 aliphatic rings. The lowest BCUT2D eigenvalue weighted by atomic mass is 9.88. The van der Waals surface area contributed by atoms with Crippen LogP contribution in [0.5, 0.6) is 0 Å². The highest BCUT2D eigenvalue weighted by Crippen LogP contribution is 2.27. The zero-order chi connectivity index (χ0) is 13.8. The molecule has 1 fully saturated rings. The molecule has 1 N–H and O–H groups in total. The van der Waals surface area contributed by atoms with E-state index in [-0.39, 0.29) is 0 Å². The zero-order valence-electron chi connectivity index (χ0n) is 13.1. The molecule has 112 valence electrons. The Hall–Kier alpha value is -0.300. The van der Waals surface area contributed by atoms with Crippen LogP contribution in [0.1, 0.15) is 84.0 Å². The SMILES string of the molecule is C=CCCCCCC(NCCC)C1CCCCCC1. The molecular formula is C18H35N. The van der Waals surface area contributed by atoms with Crippen molar-refractivity contribution in [2.45, 2.75) is 90.0 Å². The average Bonchev–Trinajstić information content (AvgIpc) is 2.71. The standard InChI is InChI=1S/C18H35N/c1-3-5-6-7-12-15-18(19-16-4-2)17-13-10-8-9-11-14-17/h3,17-19H,1,4-16H2,2H3. The second-order valence-electron chi connectivity index (χ2n) is 6.24. The minimum Gasteiger partial charge on any atom is -0.314 e. The van der Waals surface area contributed by atoms with Gasteiger partial charge in [-0.1, -0.05) is 51.5 Å². The van der Waals surface area contributed by atoms with E-state index < -0.39 is 0 Å². The lowest BCUT2D eigenvalue weighted by Gasteiger charge is -2.27. The van der Waals surface area contributed by atoms with Gasteiger partial charge in [0.1, 0.15) is 0 Å². The summed E-state index contributed by atoms with van der Waals surface area (Å²) in [6.07, 6.45) is 18.8. The number of hydrogen-bond donors (Lipinski definition) is 1. The van der Waals surface area contributed by atoms with Gasteiger partial charge >= 0.3 is 0 Å². The highest BCUT2D eigenvalue weighted by molar-refractivity contribution is 4.78. The van der Waals surface area contributed by atoms with E-state index in [0.717, 1.165) is 12.0 Å². The molecular weight excluding hydrogens is 230 g/mol. The van der Waals surface area contributed by atoms with Crippen LogP contribution in [0, 0.1) is 5.92 Å². The van der Waals surface area contributed by atoms with Crippen LogP contribution in [0.25, 0.3) is 0 Å². The first-order valence-electron chi connectivity index (χ1n) is 8.72. The Morgan fingerprint density at radius 1 is 1.11 bits per heavy atom. The maximum Gasteiger partial charge on any atom is 0.00953 e. The van der Waals surface area contributed by atoms with Gasteiger partial charge in [-0.2, -0.15) is 0 Å². The third-order valence-electron chi connectivity index (χ3n) is 4.55. The first-order chi connectivity index (χ1) is 9.38. The van der Waals surface area contributed by atoms with E-state index in [9.17, 15) is 0 Å². The van der Waals surface area contributed by atoms with Crippen molar-refractivity contribution in [1.29, 1.82) is 0 Å². The minimum absolute atomic E-state index is 0.793. The third-order valence-corrected chi connectivity index (χ3v) is 4.55. The van der Waals surface area contributed by atoms with Gasteiger partial charge in [-0.05, 0) is 51.0 Å². The highest BCUT2D eigenvalue weighted by Gasteiger charge is 2.21. The summed E-state index contributed by atoms with van der Waals surface area (Å²) in [5, 5.41) is 3.84. The fraction of sp³-hybridized carbons (Fsp3) is 0.889. The molecule has 0 heterocycles. The lowest BCUT2D eigenvalue weighted by molar-refractivity contribution is 0.297. The van der Waals surface area contributed by atoms with Gasteiger partial charge in [0, 0.05) is 6.04 Å². The van der Waals surface area contributed by atoms with E-state index in [1.165, 1.54) is 83.6 Å². The molecule has 0 radical (unpaired) electrons. The molecule has 1 nitrogen and oxygen atoms in total. The zero-order valence-corrected chi connectivity index (χ0v) is 13.1. The summed E-state index contributed by atoms with van der Waals surface area (Å²) in [5.74, 6) is 0.952. The van der Waals surface area contributed by atoms with Gasteiger partial charge in [0.05, 0.1) is 0 Å². The van der Waals surface area contributed by atoms with E-state index in [4.69, 9.17) is 0 Å². The van der Waals surface area contributed by atoms with E-state index in [1.807, 2.05) is 0 Å². The molecule has 0 saturated heterocycles. The Balaban J connectivity index is 2.29. The first kappa shape index (κ1) is 16.8. The maximum atomic E-state index is 3.84. The van der Waals surface area contributed by atoms with E-state index in [2.05, 4.69) is 24.9 Å². The number of hydrogen-bond acceptors (Lipinski definition) is 1. The molecule has 1 atom stereocenters. The molecule has 1 aliphatic carbocycles. The summed E-state index contributed by atoms with van der Waals surface area (Å²) in [4.78, 5) is 0. The smallest absolute Gasteiger partial charge is 0.00953 e. The Kier molecular flexibility index (Phi) is 10.2. The van der Waals surface area contributed by atoms with Crippen LogP contribution in [-0.2, 0) is 0 Å². The predicted molar refractivity (Wildman–Crippen MR) is 86.6 cm³/mol. The Morgan fingerprint density at radius 2 is 1.84 bits per heavy atom. The van der Waals surface area contributed by atoms with E-state index in [0.29, 0.717) is 0 Å². The Bertz CT molecular complexity index is 204. The molecule has 0 aromatic heterocycles. The number of allylic oxidation sites excluding steroid dienone is 1. The topological polar surface area (TPSA) is 12.0 Å². The van der Waals surface area contributed by atoms with Crippen LogP contribution < -0.4 is 5.32 Å². The van der Waals surface area contributed by atoms with Crippen LogP contribution in [0.4, 0.5) is 0 Å². The molecule has 1 rings (SSSR count). The highest BCUT2D eigenvalue weighted by atomic mass is 14.9. The molecule has 19 heavy (non-hydrogen) atoms. The van der Waals surface area contributed by atoms with Gasteiger partial charge in [0.25, 0.3) is 0 Å². The summed E-state index contributed by atoms with van der Waals surface area (Å²) in [5.41, 5.74) is 0. The molecule has 0 aliphatic heterocycles. The van der Waals surface area contributed by atoms with Gasteiger partial charge in [-0.25, -0.2) is 0 Å². The van der Waals surface area contributed by atoms with Crippen molar-refractivity contribution in [3.05, 3.63) is 12.7 Å². The monoisotopic (exact) mass is 265 g/mol. The van der Waals surface area contributed by atoms with Gasteiger partial charge in [-0.15, -0.1) is 6.58 Å². The van der Waals surface area contributed by atoms with E-state index >= 15 is 0 Å². The van der Waals surface area contributed by atoms with Crippen molar-refractivity contribution in [3.8, 4) is 0 Å². The van der Waals surface area contributed by atoms with Crippen LogP contribution in [0.3, 0.4) is 0 Å². The maximum absolute atomic E-state index is 3.84. The lowest BCUT2D eigenvalue weighted by Crippen LogP contribution is -2.36. The Morgan fingerprint density at radius 3 is 2.47 bits per heavy atom. The summed E-state index contributed by atoms with van der Waals surface area (Å²) < 4.78 is 0. The quantitative estimate of drug-likeness (QED) is 0.314. The van der Waals surface area contributed by atoms with Crippen molar-refractivity contribution in [2.75, 3.05) is 6.54 Å². The first-order valence-corrected chi connectivity index (χ1v) is 8.72.